The quantitative estimate of drug-likeness (QED) is 0.835. The number of likely N-dealkylation sites (tertiary alicyclic amines) is 1. The highest BCUT2D eigenvalue weighted by Crippen LogP contribution is 2.49. The molecule has 2 saturated carbocycles. The van der Waals surface area contributed by atoms with E-state index in [0.717, 1.165) is 61.2 Å². The van der Waals surface area contributed by atoms with Crippen molar-refractivity contribution in [2.75, 3.05) is 13.1 Å². The monoisotopic (exact) mass is 338 g/mol. The molecule has 0 spiro atoms. The minimum atomic E-state index is 0.346. The number of hydrogen-bond donors (Lipinski definition) is 0. The molecule has 1 saturated heterocycles. The smallest absolute Gasteiger partial charge is 0.222 e. The van der Waals surface area contributed by atoms with Crippen LogP contribution in [0.4, 0.5) is 0 Å². The summed E-state index contributed by atoms with van der Waals surface area (Å²) in [5.74, 6) is 4.01. The average molecular weight is 338 g/mol. The molecular weight excluding hydrogens is 312 g/mol. The molecule has 5 rings (SSSR count). The fourth-order valence-corrected chi connectivity index (χ4v) is 5.42. The van der Waals surface area contributed by atoms with Gasteiger partial charge in [0.25, 0.3) is 0 Å². The maximum atomic E-state index is 12.7. The Bertz CT molecular complexity index is 742. The lowest BCUT2D eigenvalue weighted by molar-refractivity contribution is -0.133. The van der Waals surface area contributed by atoms with Gasteiger partial charge in [-0.3, -0.25) is 4.79 Å². The third-order valence-corrected chi connectivity index (χ3v) is 6.83. The minimum Gasteiger partial charge on any atom is -0.440 e. The van der Waals surface area contributed by atoms with Crippen molar-refractivity contribution >= 4 is 17.0 Å². The van der Waals surface area contributed by atoms with Crippen molar-refractivity contribution in [1.29, 1.82) is 0 Å². The van der Waals surface area contributed by atoms with E-state index in [0.29, 0.717) is 17.7 Å². The summed E-state index contributed by atoms with van der Waals surface area (Å²) in [6.07, 6.45) is 8.18. The zero-order chi connectivity index (χ0) is 16.8. The molecule has 2 aromatic rings. The number of oxazole rings is 1. The van der Waals surface area contributed by atoms with Gasteiger partial charge in [-0.05, 0) is 62.0 Å². The van der Waals surface area contributed by atoms with Crippen LogP contribution in [0.5, 0.6) is 0 Å². The van der Waals surface area contributed by atoms with Gasteiger partial charge < -0.3 is 9.32 Å². The van der Waals surface area contributed by atoms with E-state index in [-0.39, 0.29) is 0 Å². The Kier molecular flexibility index (Phi) is 3.79. The van der Waals surface area contributed by atoms with Crippen LogP contribution in [0.15, 0.2) is 28.7 Å². The highest BCUT2D eigenvalue weighted by Gasteiger charge is 2.41. The number of para-hydroxylation sites is 2. The standard InChI is InChI=1S/C21H26N2O2/c24-20(13-17-12-14-5-6-16(17)11-14)23-9-7-15(8-10-23)21-22-18-3-1-2-4-19(18)25-21/h1-4,14-17H,5-13H2/t14-,16-,17+/m1/s1. The van der Waals surface area contributed by atoms with Crippen LogP contribution in [-0.4, -0.2) is 28.9 Å². The highest BCUT2D eigenvalue weighted by atomic mass is 16.3. The topological polar surface area (TPSA) is 46.3 Å². The van der Waals surface area contributed by atoms with Gasteiger partial charge in [-0.15, -0.1) is 0 Å². The van der Waals surface area contributed by atoms with Gasteiger partial charge in [0, 0.05) is 25.4 Å². The third-order valence-electron chi connectivity index (χ3n) is 6.83. The summed E-state index contributed by atoms with van der Waals surface area (Å²) >= 11 is 0. The zero-order valence-corrected chi connectivity index (χ0v) is 14.7. The Labute approximate surface area is 148 Å². The number of amides is 1. The van der Waals surface area contributed by atoms with E-state index < -0.39 is 0 Å². The van der Waals surface area contributed by atoms with Crippen molar-refractivity contribution in [2.45, 2.75) is 50.9 Å². The number of hydrogen-bond acceptors (Lipinski definition) is 3. The summed E-state index contributed by atoms with van der Waals surface area (Å²) in [7, 11) is 0. The number of carbonyl (C=O) groups is 1. The lowest BCUT2D eigenvalue weighted by atomic mass is 9.86. The van der Waals surface area contributed by atoms with Crippen LogP contribution in [0.25, 0.3) is 11.1 Å². The molecule has 3 atom stereocenters. The normalized spacial score (nSPS) is 29.6. The van der Waals surface area contributed by atoms with E-state index >= 15 is 0 Å². The molecule has 132 valence electrons. The fourth-order valence-electron chi connectivity index (χ4n) is 5.42. The average Bonchev–Trinajstić information content (AvgIpc) is 3.36. The van der Waals surface area contributed by atoms with Gasteiger partial charge in [0.1, 0.15) is 5.52 Å². The Morgan fingerprint density at radius 3 is 2.68 bits per heavy atom. The number of aromatic nitrogens is 1. The molecule has 0 radical (unpaired) electrons. The molecule has 1 aromatic heterocycles. The number of benzene rings is 1. The second-order valence-electron chi connectivity index (χ2n) is 8.31. The molecule has 3 fully saturated rings. The predicted octanol–water partition coefficient (Wildman–Crippen LogP) is 4.36. The van der Waals surface area contributed by atoms with Crippen molar-refractivity contribution in [3.63, 3.8) is 0 Å². The number of piperidine rings is 1. The van der Waals surface area contributed by atoms with Crippen LogP contribution in [0.2, 0.25) is 0 Å². The number of rotatable bonds is 3. The van der Waals surface area contributed by atoms with Crippen LogP contribution in [0.1, 0.15) is 56.8 Å². The Morgan fingerprint density at radius 2 is 1.96 bits per heavy atom. The summed E-state index contributed by atoms with van der Waals surface area (Å²) < 4.78 is 5.93. The Hall–Kier alpha value is -1.84. The molecule has 1 aromatic carbocycles. The van der Waals surface area contributed by atoms with Gasteiger partial charge in [-0.2, -0.15) is 0 Å². The fraction of sp³-hybridized carbons (Fsp3) is 0.619. The summed E-state index contributed by atoms with van der Waals surface area (Å²) in [5, 5.41) is 0. The van der Waals surface area contributed by atoms with E-state index in [4.69, 9.17) is 4.42 Å². The molecule has 2 aliphatic carbocycles. The van der Waals surface area contributed by atoms with Crippen molar-refractivity contribution in [3.05, 3.63) is 30.2 Å². The minimum absolute atomic E-state index is 0.346. The summed E-state index contributed by atoms with van der Waals surface area (Å²) in [6, 6.07) is 7.94. The van der Waals surface area contributed by atoms with E-state index in [1.165, 1.54) is 25.7 Å². The van der Waals surface area contributed by atoms with Crippen LogP contribution in [-0.2, 0) is 4.79 Å². The predicted molar refractivity (Wildman–Crippen MR) is 96.1 cm³/mol. The summed E-state index contributed by atoms with van der Waals surface area (Å²) in [6.45, 7) is 1.70. The molecule has 4 heteroatoms. The van der Waals surface area contributed by atoms with Crippen LogP contribution < -0.4 is 0 Å². The molecule has 0 unspecified atom stereocenters. The summed E-state index contributed by atoms with van der Waals surface area (Å²) in [4.78, 5) is 19.4. The van der Waals surface area contributed by atoms with E-state index in [1.807, 2.05) is 24.3 Å². The second-order valence-corrected chi connectivity index (χ2v) is 8.31. The SMILES string of the molecule is O=C(C[C@@H]1C[C@@H]2CC[C@@H]1C2)N1CCC(c2nc3ccccc3o2)CC1. The molecule has 1 aliphatic heterocycles. The molecule has 2 bridgehead atoms. The first kappa shape index (κ1) is 15.4. The third kappa shape index (κ3) is 2.86. The first-order valence-electron chi connectivity index (χ1n) is 9.89. The van der Waals surface area contributed by atoms with Crippen molar-refractivity contribution in [3.8, 4) is 0 Å². The van der Waals surface area contributed by atoms with Gasteiger partial charge in [-0.25, -0.2) is 4.98 Å². The lowest BCUT2D eigenvalue weighted by Gasteiger charge is -2.32. The Balaban J connectivity index is 1.18. The molecule has 0 N–H and O–H groups in total. The lowest BCUT2D eigenvalue weighted by Crippen LogP contribution is -2.39. The molecule has 2 heterocycles. The van der Waals surface area contributed by atoms with Crippen molar-refractivity contribution < 1.29 is 9.21 Å². The van der Waals surface area contributed by atoms with Gasteiger partial charge in [0.2, 0.25) is 5.91 Å². The highest BCUT2D eigenvalue weighted by molar-refractivity contribution is 5.76. The molecular formula is C21H26N2O2. The molecule has 3 aliphatic rings. The maximum Gasteiger partial charge on any atom is 0.222 e. The molecule has 25 heavy (non-hydrogen) atoms. The van der Waals surface area contributed by atoms with Gasteiger partial charge in [0.15, 0.2) is 11.5 Å². The number of nitrogens with zero attached hydrogens (tertiary/aromatic N) is 2. The maximum absolute atomic E-state index is 12.7. The van der Waals surface area contributed by atoms with Gasteiger partial charge in [0.05, 0.1) is 0 Å². The zero-order valence-electron chi connectivity index (χ0n) is 14.7. The molecule has 1 amide bonds. The summed E-state index contributed by atoms with van der Waals surface area (Å²) in [5.41, 5.74) is 1.81. The van der Waals surface area contributed by atoms with Crippen molar-refractivity contribution in [2.24, 2.45) is 17.8 Å². The first-order chi connectivity index (χ1) is 12.3. The second kappa shape index (κ2) is 6.15. The van der Waals surface area contributed by atoms with Crippen LogP contribution in [0, 0.1) is 17.8 Å². The van der Waals surface area contributed by atoms with Crippen LogP contribution in [0.3, 0.4) is 0 Å². The molecule has 4 nitrogen and oxygen atoms in total. The van der Waals surface area contributed by atoms with Gasteiger partial charge >= 0.3 is 0 Å². The Morgan fingerprint density at radius 1 is 1.12 bits per heavy atom. The van der Waals surface area contributed by atoms with Gasteiger partial charge in [-0.1, -0.05) is 18.6 Å². The van der Waals surface area contributed by atoms with E-state index in [1.54, 1.807) is 0 Å². The van der Waals surface area contributed by atoms with Crippen LogP contribution >= 0.6 is 0 Å². The first-order valence-corrected chi connectivity index (χ1v) is 9.89. The van der Waals surface area contributed by atoms with Crippen molar-refractivity contribution in [1.82, 2.24) is 9.88 Å². The van der Waals surface area contributed by atoms with E-state index in [2.05, 4.69) is 9.88 Å². The largest absolute Gasteiger partial charge is 0.440 e. The van der Waals surface area contributed by atoms with E-state index in [9.17, 15) is 4.79 Å². The number of fused-ring (bicyclic) bond motifs is 3. The number of carbonyl (C=O) groups excluding carboxylic acids is 1.